The first kappa shape index (κ1) is 9.27. The van der Waals surface area contributed by atoms with E-state index in [4.69, 9.17) is 5.11 Å². The first-order valence-electron chi connectivity index (χ1n) is 5.18. The molecule has 0 spiro atoms. The Hall–Kier alpha value is -0.970. The molecule has 0 atom stereocenters. The first-order chi connectivity index (χ1) is 7.27. The molecule has 1 fully saturated rings. The summed E-state index contributed by atoms with van der Waals surface area (Å²) in [5, 5.41) is 9.10. The number of carboxylic acids is 1. The van der Waals surface area contributed by atoms with E-state index >= 15 is 0 Å². The summed E-state index contributed by atoms with van der Waals surface area (Å²) >= 11 is 1.87. The van der Waals surface area contributed by atoms with Gasteiger partial charge in [-0.15, -0.1) is 0 Å². The van der Waals surface area contributed by atoms with Crippen LogP contribution in [-0.2, 0) is 12.2 Å². The molecule has 0 radical (unpaired) electrons. The Morgan fingerprint density at radius 1 is 1.53 bits per heavy atom. The molecule has 2 heterocycles. The van der Waals surface area contributed by atoms with E-state index in [2.05, 4.69) is 4.98 Å². The van der Waals surface area contributed by atoms with Crippen LogP contribution in [0.15, 0.2) is 0 Å². The maximum absolute atomic E-state index is 11.1. The smallest absolute Gasteiger partial charge is 0.372 e. The third kappa shape index (κ3) is 1.45. The van der Waals surface area contributed by atoms with Gasteiger partial charge in [0.1, 0.15) is 0 Å². The maximum atomic E-state index is 11.1. The van der Waals surface area contributed by atoms with E-state index in [1.165, 1.54) is 0 Å². The number of fused-ring (bicyclic) bond motifs is 1. The van der Waals surface area contributed by atoms with Gasteiger partial charge in [0.15, 0.2) is 0 Å². The number of aromatic nitrogens is 2. The van der Waals surface area contributed by atoms with Crippen LogP contribution in [0.1, 0.15) is 40.9 Å². The molecule has 1 aromatic heterocycles. The van der Waals surface area contributed by atoms with Crippen LogP contribution in [0.5, 0.6) is 0 Å². The van der Waals surface area contributed by atoms with E-state index in [0.29, 0.717) is 6.04 Å². The van der Waals surface area contributed by atoms with Crippen molar-refractivity contribution >= 4 is 17.7 Å². The zero-order valence-corrected chi connectivity index (χ0v) is 9.09. The number of rotatable bonds is 2. The third-order valence-electron chi connectivity index (χ3n) is 2.92. The Kier molecular flexibility index (Phi) is 2.02. The molecule has 1 aliphatic carbocycles. The Morgan fingerprint density at radius 3 is 3.00 bits per heavy atom. The third-order valence-corrected chi connectivity index (χ3v) is 3.89. The summed E-state index contributed by atoms with van der Waals surface area (Å²) in [4.78, 5) is 15.3. The zero-order chi connectivity index (χ0) is 10.4. The molecule has 0 unspecified atom stereocenters. The minimum absolute atomic E-state index is 0.255. The molecule has 1 N–H and O–H groups in total. The topological polar surface area (TPSA) is 55.1 Å². The number of imidazole rings is 1. The summed E-state index contributed by atoms with van der Waals surface area (Å²) in [5.41, 5.74) is 2.17. The predicted octanol–water partition coefficient (Wildman–Crippen LogP) is 1.71. The summed E-state index contributed by atoms with van der Waals surface area (Å²) in [5.74, 6) is 1.35. The number of aromatic carboxylic acids is 1. The van der Waals surface area contributed by atoms with Gasteiger partial charge in [-0.25, -0.2) is 9.78 Å². The fraction of sp³-hybridized carbons (Fsp3) is 0.600. The Bertz CT molecular complexity index is 423. The Morgan fingerprint density at radius 2 is 2.33 bits per heavy atom. The average molecular weight is 224 g/mol. The van der Waals surface area contributed by atoms with Crippen molar-refractivity contribution in [3.05, 3.63) is 17.2 Å². The molecular weight excluding hydrogens is 212 g/mol. The molecule has 1 saturated carbocycles. The molecule has 0 saturated heterocycles. The van der Waals surface area contributed by atoms with E-state index in [0.717, 1.165) is 42.2 Å². The summed E-state index contributed by atoms with van der Waals surface area (Å²) in [7, 11) is 0. The van der Waals surface area contributed by atoms with Gasteiger partial charge < -0.3 is 9.67 Å². The highest BCUT2D eigenvalue weighted by Gasteiger charge is 2.33. The molecule has 1 aromatic rings. The van der Waals surface area contributed by atoms with Gasteiger partial charge in [0.25, 0.3) is 0 Å². The molecule has 3 rings (SSSR count). The van der Waals surface area contributed by atoms with Gasteiger partial charge in [-0.05, 0) is 18.6 Å². The second kappa shape index (κ2) is 3.27. The standard InChI is InChI=1S/C10H12N2O2S/c13-10(14)9-11-7-3-4-15-5-8(7)12(9)6-1-2-6/h6H,1-5H2,(H,13,14). The van der Waals surface area contributed by atoms with E-state index in [1.807, 2.05) is 16.3 Å². The van der Waals surface area contributed by atoms with Crippen LogP contribution in [0.25, 0.3) is 0 Å². The zero-order valence-electron chi connectivity index (χ0n) is 8.27. The van der Waals surface area contributed by atoms with Gasteiger partial charge >= 0.3 is 5.97 Å². The number of hydrogen-bond donors (Lipinski definition) is 1. The second-order valence-electron chi connectivity index (χ2n) is 4.04. The van der Waals surface area contributed by atoms with Crippen molar-refractivity contribution in [3.8, 4) is 0 Å². The number of thioether (sulfide) groups is 1. The minimum atomic E-state index is -0.888. The van der Waals surface area contributed by atoms with Crippen molar-refractivity contribution in [2.45, 2.75) is 31.1 Å². The summed E-state index contributed by atoms with van der Waals surface area (Å²) in [6.07, 6.45) is 3.13. The molecule has 80 valence electrons. The number of hydrogen-bond acceptors (Lipinski definition) is 3. The summed E-state index contributed by atoms with van der Waals surface area (Å²) in [6.45, 7) is 0. The Balaban J connectivity index is 2.13. The van der Waals surface area contributed by atoms with Crippen molar-refractivity contribution in [2.75, 3.05) is 5.75 Å². The highest BCUT2D eigenvalue weighted by molar-refractivity contribution is 7.98. The lowest BCUT2D eigenvalue weighted by Crippen LogP contribution is -2.11. The van der Waals surface area contributed by atoms with E-state index in [-0.39, 0.29) is 5.82 Å². The molecular formula is C10H12N2O2S. The van der Waals surface area contributed by atoms with Crippen LogP contribution in [0, 0.1) is 0 Å². The molecule has 2 aliphatic rings. The van der Waals surface area contributed by atoms with E-state index in [9.17, 15) is 4.79 Å². The monoisotopic (exact) mass is 224 g/mol. The van der Waals surface area contributed by atoms with Crippen LogP contribution in [0.4, 0.5) is 0 Å². The summed E-state index contributed by atoms with van der Waals surface area (Å²) in [6, 6.07) is 0.408. The fourth-order valence-electron chi connectivity index (χ4n) is 2.08. The normalized spacial score (nSPS) is 20.0. The summed E-state index contributed by atoms with van der Waals surface area (Å²) < 4.78 is 1.96. The molecule has 15 heavy (non-hydrogen) atoms. The maximum Gasteiger partial charge on any atom is 0.372 e. The number of carbonyl (C=O) groups is 1. The largest absolute Gasteiger partial charge is 0.475 e. The minimum Gasteiger partial charge on any atom is -0.475 e. The Labute approximate surface area is 91.7 Å². The van der Waals surface area contributed by atoms with Gasteiger partial charge in [-0.1, -0.05) is 0 Å². The lowest BCUT2D eigenvalue weighted by Gasteiger charge is -2.13. The van der Waals surface area contributed by atoms with Crippen LogP contribution >= 0.6 is 11.8 Å². The SMILES string of the molecule is O=C(O)c1nc2c(n1C1CC1)CSCC2. The molecule has 4 nitrogen and oxygen atoms in total. The number of aryl methyl sites for hydroxylation is 1. The van der Waals surface area contributed by atoms with Crippen LogP contribution in [0.2, 0.25) is 0 Å². The lowest BCUT2D eigenvalue weighted by molar-refractivity contribution is 0.0677. The average Bonchev–Trinajstić information content (AvgIpc) is 2.98. The molecule has 0 aromatic carbocycles. The number of nitrogens with zero attached hydrogens (tertiary/aromatic N) is 2. The molecule has 0 amide bonds. The first-order valence-corrected chi connectivity index (χ1v) is 6.34. The highest BCUT2D eigenvalue weighted by atomic mass is 32.2. The van der Waals surface area contributed by atoms with Crippen LogP contribution in [0.3, 0.4) is 0 Å². The second-order valence-corrected chi connectivity index (χ2v) is 5.14. The number of carboxylic acid groups (broad SMARTS) is 1. The van der Waals surface area contributed by atoms with Gasteiger partial charge in [-0.3, -0.25) is 0 Å². The van der Waals surface area contributed by atoms with Crippen molar-refractivity contribution in [1.82, 2.24) is 9.55 Å². The van der Waals surface area contributed by atoms with E-state index < -0.39 is 5.97 Å². The van der Waals surface area contributed by atoms with Gasteiger partial charge in [0.2, 0.25) is 5.82 Å². The van der Waals surface area contributed by atoms with Crippen molar-refractivity contribution in [2.24, 2.45) is 0 Å². The van der Waals surface area contributed by atoms with Gasteiger partial charge in [-0.2, -0.15) is 11.8 Å². The van der Waals surface area contributed by atoms with Gasteiger partial charge in [0.05, 0.1) is 11.4 Å². The van der Waals surface area contributed by atoms with Gasteiger partial charge in [0, 0.05) is 18.2 Å². The highest BCUT2D eigenvalue weighted by Crippen LogP contribution is 2.40. The van der Waals surface area contributed by atoms with Crippen LogP contribution < -0.4 is 0 Å². The molecule has 1 aliphatic heterocycles. The fourth-order valence-corrected chi connectivity index (χ4v) is 3.06. The van der Waals surface area contributed by atoms with E-state index in [1.54, 1.807) is 0 Å². The molecule has 5 heteroatoms. The van der Waals surface area contributed by atoms with Crippen molar-refractivity contribution < 1.29 is 9.90 Å². The molecule has 0 bridgehead atoms. The van der Waals surface area contributed by atoms with Crippen molar-refractivity contribution in [3.63, 3.8) is 0 Å². The predicted molar refractivity (Wildman–Crippen MR) is 57.3 cm³/mol. The van der Waals surface area contributed by atoms with Crippen LogP contribution in [-0.4, -0.2) is 26.4 Å². The van der Waals surface area contributed by atoms with Crippen molar-refractivity contribution in [1.29, 1.82) is 0 Å². The lowest BCUT2D eigenvalue weighted by atomic mass is 10.3. The quantitative estimate of drug-likeness (QED) is 0.830.